The van der Waals surface area contributed by atoms with Crippen molar-refractivity contribution in [1.82, 2.24) is 19.9 Å². The Labute approximate surface area is 220 Å². The summed E-state index contributed by atoms with van der Waals surface area (Å²) in [6.45, 7) is 0.795. The van der Waals surface area contributed by atoms with Gasteiger partial charge in [-0.2, -0.15) is 13.2 Å². The standard InChI is InChI=1S/C26H25F4N7O2/c1-36-21-8-6-16(39-17-9-11-33-23(14-17)35-24(38)19-4-2-3-10-32-19)13-20(21)34-25(36)37(31)22-12-15(26(28,29)30)5-7-18(22)27/h5-9,11-14,19,32H,2-4,10,31H2,1H3,(H,33,35,38)/t19-/m0/s1. The minimum atomic E-state index is -4.66. The van der Waals surface area contributed by atoms with E-state index in [1.54, 1.807) is 37.4 Å². The molecule has 0 spiro atoms. The third kappa shape index (κ3) is 5.64. The highest BCUT2D eigenvalue weighted by atomic mass is 19.4. The Hall–Kier alpha value is -4.23. The molecule has 1 atom stereocenters. The molecule has 4 N–H and O–H groups in total. The first kappa shape index (κ1) is 26.4. The molecule has 9 nitrogen and oxygen atoms in total. The van der Waals surface area contributed by atoms with Crippen molar-refractivity contribution in [3.05, 3.63) is 66.1 Å². The van der Waals surface area contributed by atoms with Crippen molar-refractivity contribution < 1.29 is 27.1 Å². The molecule has 13 heteroatoms. The van der Waals surface area contributed by atoms with E-state index in [0.717, 1.165) is 30.8 Å². The lowest BCUT2D eigenvalue weighted by Gasteiger charge is -2.22. The van der Waals surface area contributed by atoms with Crippen molar-refractivity contribution in [1.29, 1.82) is 0 Å². The predicted octanol–water partition coefficient (Wildman–Crippen LogP) is 5.01. The smallest absolute Gasteiger partial charge is 0.416 e. The highest BCUT2D eigenvalue weighted by Gasteiger charge is 2.32. The minimum absolute atomic E-state index is 0.0191. The Balaban J connectivity index is 1.36. The van der Waals surface area contributed by atoms with Crippen LogP contribution in [-0.4, -0.2) is 33.0 Å². The molecule has 2 aromatic heterocycles. The average molecular weight is 544 g/mol. The van der Waals surface area contributed by atoms with Crippen molar-refractivity contribution in [3.8, 4) is 11.5 Å². The van der Waals surface area contributed by atoms with Crippen LogP contribution in [0.3, 0.4) is 0 Å². The molecular formula is C26H25F4N7O2. The van der Waals surface area contributed by atoms with Gasteiger partial charge < -0.3 is 19.9 Å². The number of aromatic nitrogens is 3. The number of hydrogen-bond donors (Lipinski definition) is 3. The maximum atomic E-state index is 14.4. The number of aryl methyl sites for hydroxylation is 1. The molecule has 0 saturated carbocycles. The van der Waals surface area contributed by atoms with E-state index in [4.69, 9.17) is 10.6 Å². The van der Waals surface area contributed by atoms with Gasteiger partial charge in [-0.1, -0.05) is 6.42 Å². The van der Waals surface area contributed by atoms with Gasteiger partial charge in [0.05, 0.1) is 28.3 Å². The van der Waals surface area contributed by atoms with Crippen molar-refractivity contribution in [2.75, 3.05) is 16.9 Å². The zero-order valence-electron chi connectivity index (χ0n) is 20.8. The Morgan fingerprint density at radius 3 is 2.69 bits per heavy atom. The molecule has 0 bridgehead atoms. The van der Waals surface area contributed by atoms with Gasteiger partial charge in [0.25, 0.3) is 0 Å². The number of amides is 1. The number of hydrazine groups is 1. The average Bonchev–Trinajstić information content (AvgIpc) is 3.24. The number of halogens is 4. The number of fused-ring (bicyclic) bond motifs is 1. The zero-order valence-corrected chi connectivity index (χ0v) is 20.8. The number of carbonyl (C=O) groups is 1. The van der Waals surface area contributed by atoms with Crippen LogP contribution in [0.15, 0.2) is 54.7 Å². The Morgan fingerprint density at radius 1 is 1.15 bits per heavy atom. The van der Waals surface area contributed by atoms with Gasteiger partial charge in [0.2, 0.25) is 11.9 Å². The SMILES string of the molecule is Cn1c(N(N)c2cc(C(F)(F)F)ccc2F)nc2cc(Oc3ccnc(NC(=O)[C@@H]4CCCCN4)c3)ccc21. The second kappa shape index (κ2) is 10.5. The molecular weight excluding hydrogens is 518 g/mol. The summed E-state index contributed by atoms with van der Waals surface area (Å²) in [4.78, 5) is 21.1. The summed E-state index contributed by atoms with van der Waals surface area (Å²) in [5.74, 6) is 6.12. The molecule has 0 radical (unpaired) electrons. The van der Waals surface area contributed by atoms with Crippen LogP contribution in [0, 0.1) is 5.82 Å². The van der Waals surface area contributed by atoms with Crippen LogP contribution < -0.4 is 26.2 Å². The number of alkyl halides is 3. The number of pyridine rings is 1. The maximum Gasteiger partial charge on any atom is 0.416 e. The topological polar surface area (TPSA) is 110 Å². The fraction of sp³-hybridized carbons (Fsp3) is 0.269. The molecule has 1 aliphatic heterocycles. The number of benzene rings is 2. The summed E-state index contributed by atoms with van der Waals surface area (Å²) in [6.07, 6.45) is -0.374. The number of rotatable bonds is 6. The quantitative estimate of drug-likeness (QED) is 0.178. The van der Waals surface area contributed by atoms with Crippen molar-refractivity contribution in [2.45, 2.75) is 31.5 Å². The first-order valence-electron chi connectivity index (χ1n) is 12.2. The molecule has 3 heterocycles. The maximum absolute atomic E-state index is 14.4. The number of carbonyl (C=O) groups excluding carboxylic acids is 1. The molecule has 0 aliphatic carbocycles. The van der Waals surface area contributed by atoms with Crippen LogP contribution in [0.2, 0.25) is 0 Å². The minimum Gasteiger partial charge on any atom is -0.457 e. The number of nitrogens with one attached hydrogen (secondary N) is 2. The number of nitrogens with two attached hydrogens (primary N) is 1. The van der Waals surface area contributed by atoms with E-state index < -0.39 is 23.2 Å². The van der Waals surface area contributed by atoms with Gasteiger partial charge in [0.15, 0.2) is 0 Å². The van der Waals surface area contributed by atoms with Gasteiger partial charge in [-0.3, -0.25) is 4.79 Å². The van der Waals surface area contributed by atoms with E-state index in [1.165, 1.54) is 10.8 Å². The fourth-order valence-corrected chi connectivity index (χ4v) is 4.40. The molecule has 2 aromatic carbocycles. The molecule has 1 amide bonds. The van der Waals surface area contributed by atoms with Crippen LogP contribution in [0.5, 0.6) is 11.5 Å². The number of ether oxygens (including phenoxy) is 1. The van der Waals surface area contributed by atoms with E-state index in [2.05, 4.69) is 20.6 Å². The fourth-order valence-electron chi connectivity index (χ4n) is 4.40. The molecule has 1 saturated heterocycles. The summed E-state index contributed by atoms with van der Waals surface area (Å²) >= 11 is 0. The lowest BCUT2D eigenvalue weighted by molar-refractivity contribution is -0.137. The number of nitrogens with zero attached hydrogens (tertiary/aromatic N) is 4. The lowest BCUT2D eigenvalue weighted by Crippen LogP contribution is -2.43. The molecule has 39 heavy (non-hydrogen) atoms. The van der Waals surface area contributed by atoms with Gasteiger partial charge in [-0.05, 0) is 55.8 Å². The summed E-state index contributed by atoms with van der Waals surface area (Å²) in [6, 6.07) is 9.91. The molecule has 5 rings (SSSR count). The van der Waals surface area contributed by atoms with E-state index in [9.17, 15) is 22.4 Å². The Morgan fingerprint density at radius 2 is 1.95 bits per heavy atom. The van der Waals surface area contributed by atoms with Crippen LogP contribution >= 0.6 is 0 Å². The summed E-state index contributed by atoms with van der Waals surface area (Å²) in [5, 5.41) is 6.75. The van der Waals surface area contributed by atoms with Gasteiger partial charge in [-0.15, -0.1) is 0 Å². The summed E-state index contributed by atoms with van der Waals surface area (Å²) in [7, 11) is 1.61. The van der Waals surface area contributed by atoms with Crippen molar-refractivity contribution >= 4 is 34.4 Å². The van der Waals surface area contributed by atoms with Gasteiger partial charge in [0, 0.05) is 25.4 Å². The first-order chi connectivity index (χ1) is 18.6. The van der Waals surface area contributed by atoms with Gasteiger partial charge >= 0.3 is 6.18 Å². The third-order valence-corrected chi connectivity index (χ3v) is 6.42. The zero-order chi connectivity index (χ0) is 27.7. The monoisotopic (exact) mass is 543 g/mol. The lowest BCUT2D eigenvalue weighted by atomic mass is 10.0. The van der Waals surface area contributed by atoms with Crippen LogP contribution in [0.4, 0.5) is 35.0 Å². The highest BCUT2D eigenvalue weighted by molar-refractivity contribution is 5.94. The van der Waals surface area contributed by atoms with Crippen LogP contribution in [0.25, 0.3) is 11.0 Å². The van der Waals surface area contributed by atoms with Gasteiger partial charge in [-0.25, -0.2) is 25.2 Å². The number of imidazole rings is 1. The first-order valence-corrected chi connectivity index (χ1v) is 12.2. The molecule has 0 unspecified atom stereocenters. The van der Waals surface area contributed by atoms with Crippen LogP contribution in [0.1, 0.15) is 24.8 Å². The number of piperidine rings is 1. The molecule has 1 fully saturated rings. The van der Waals surface area contributed by atoms with Crippen molar-refractivity contribution in [2.24, 2.45) is 12.9 Å². The second-order valence-electron chi connectivity index (χ2n) is 9.13. The summed E-state index contributed by atoms with van der Waals surface area (Å²) < 4.78 is 61.4. The normalized spacial score (nSPS) is 15.8. The molecule has 204 valence electrons. The Bertz CT molecular complexity index is 1520. The number of anilines is 3. The van der Waals surface area contributed by atoms with E-state index >= 15 is 0 Å². The van der Waals surface area contributed by atoms with Gasteiger partial charge in [0.1, 0.15) is 23.1 Å². The second-order valence-corrected chi connectivity index (χ2v) is 9.13. The molecule has 4 aromatic rings. The van der Waals surface area contributed by atoms with E-state index in [0.29, 0.717) is 46.5 Å². The highest BCUT2D eigenvalue weighted by Crippen LogP contribution is 2.35. The van der Waals surface area contributed by atoms with Crippen LogP contribution in [-0.2, 0) is 18.0 Å². The molecule has 1 aliphatic rings. The largest absolute Gasteiger partial charge is 0.457 e. The Kier molecular flexibility index (Phi) is 7.10. The predicted molar refractivity (Wildman–Crippen MR) is 137 cm³/mol. The summed E-state index contributed by atoms with van der Waals surface area (Å²) in [5.41, 5.74) is -0.511. The van der Waals surface area contributed by atoms with E-state index in [1.807, 2.05) is 0 Å². The number of hydrogen-bond acceptors (Lipinski definition) is 7. The van der Waals surface area contributed by atoms with Crippen molar-refractivity contribution in [3.63, 3.8) is 0 Å². The van der Waals surface area contributed by atoms with E-state index in [-0.39, 0.29) is 17.9 Å². The third-order valence-electron chi connectivity index (χ3n) is 6.42.